The van der Waals surface area contributed by atoms with Gasteiger partial charge in [-0.05, 0) is 19.8 Å². The molecule has 0 atom stereocenters. The molecule has 1 aromatic rings. The van der Waals surface area contributed by atoms with E-state index >= 15 is 0 Å². The molecule has 0 N–H and O–H groups in total. The number of nitrogens with zero attached hydrogens (tertiary/aromatic N) is 3. The van der Waals surface area contributed by atoms with Crippen molar-refractivity contribution in [2.45, 2.75) is 26.4 Å². The van der Waals surface area contributed by atoms with Crippen LogP contribution in [-0.2, 0) is 20.9 Å². The van der Waals surface area contributed by atoms with E-state index in [2.05, 4.69) is 14.9 Å². The second-order valence-electron chi connectivity index (χ2n) is 4.81. The first-order valence-electron chi connectivity index (χ1n) is 6.96. The Morgan fingerprint density at radius 2 is 2.15 bits per heavy atom. The molecule has 1 fully saturated rings. The van der Waals surface area contributed by atoms with Crippen LogP contribution in [0.3, 0.4) is 0 Å². The number of aromatic nitrogens is 2. The maximum Gasteiger partial charge on any atom is 0.309 e. The van der Waals surface area contributed by atoms with Gasteiger partial charge in [-0.3, -0.25) is 4.79 Å². The van der Waals surface area contributed by atoms with Gasteiger partial charge in [0.1, 0.15) is 12.1 Å². The van der Waals surface area contributed by atoms with Gasteiger partial charge in [0, 0.05) is 26.3 Å². The van der Waals surface area contributed by atoms with Gasteiger partial charge in [-0.25, -0.2) is 9.97 Å². The molecule has 0 spiro atoms. The number of rotatable bonds is 5. The van der Waals surface area contributed by atoms with Gasteiger partial charge in [-0.2, -0.15) is 0 Å². The lowest BCUT2D eigenvalue weighted by Gasteiger charge is -2.31. The fourth-order valence-electron chi connectivity index (χ4n) is 2.39. The van der Waals surface area contributed by atoms with E-state index in [0.717, 1.165) is 37.4 Å². The average molecular weight is 279 g/mol. The summed E-state index contributed by atoms with van der Waals surface area (Å²) >= 11 is 0. The molecule has 6 nitrogen and oxygen atoms in total. The molecule has 20 heavy (non-hydrogen) atoms. The van der Waals surface area contributed by atoms with Crippen LogP contribution in [-0.4, -0.2) is 42.7 Å². The van der Waals surface area contributed by atoms with Crippen LogP contribution in [0.25, 0.3) is 0 Å². The molecule has 1 saturated heterocycles. The van der Waals surface area contributed by atoms with Gasteiger partial charge in [0.25, 0.3) is 0 Å². The Hall–Kier alpha value is -1.69. The first-order valence-corrected chi connectivity index (χ1v) is 6.96. The molecule has 2 heterocycles. The molecule has 1 aliphatic heterocycles. The van der Waals surface area contributed by atoms with Gasteiger partial charge >= 0.3 is 5.97 Å². The maximum absolute atomic E-state index is 11.7. The Balaban J connectivity index is 1.93. The Kier molecular flexibility index (Phi) is 5.29. The molecule has 110 valence electrons. The number of methoxy groups -OCH3 is 1. The molecule has 0 bridgehead atoms. The van der Waals surface area contributed by atoms with Crippen molar-refractivity contribution in [1.82, 2.24) is 9.97 Å². The quantitative estimate of drug-likeness (QED) is 0.759. The smallest absolute Gasteiger partial charge is 0.309 e. The standard InChI is InChI=1S/C14H21N3O3/c1-3-20-14(18)11-4-6-17(7-5-11)13-8-12(9-19-2)15-10-16-13/h8,10-11H,3-7,9H2,1-2H3. The number of hydrogen-bond donors (Lipinski definition) is 0. The zero-order chi connectivity index (χ0) is 14.4. The highest BCUT2D eigenvalue weighted by Gasteiger charge is 2.26. The minimum Gasteiger partial charge on any atom is -0.466 e. The summed E-state index contributed by atoms with van der Waals surface area (Å²) in [5, 5.41) is 0. The number of hydrogen-bond acceptors (Lipinski definition) is 6. The summed E-state index contributed by atoms with van der Waals surface area (Å²) in [5.41, 5.74) is 0.866. The minimum atomic E-state index is -0.0742. The molecule has 0 aliphatic carbocycles. The number of esters is 1. The topological polar surface area (TPSA) is 64.5 Å². The Bertz CT molecular complexity index is 445. The fraction of sp³-hybridized carbons (Fsp3) is 0.643. The van der Waals surface area contributed by atoms with E-state index in [9.17, 15) is 4.79 Å². The van der Waals surface area contributed by atoms with Crippen molar-refractivity contribution in [3.63, 3.8) is 0 Å². The summed E-state index contributed by atoms with van der Waals surface area (Å²) in [6.07, 6.45) is 3.17. The fourth-order valence-corrected chi connectivity index (χ4v) is 2.39. The van der Waals surface area contributed by atoms with Gasteiger partial charge in [-0.15, -0.1) is 0 Å². The third kappa shape index (κ3) is 3.66. The molecule has 6 heteroatoms. The highest BCUT2D eigenvalue weighted by molar-refractivity contribution is 5.72. The lowest BCUT2D eigenvalue weighted by Crippen LogP contribution is -2.37. The number of ether oxygens (including phenoxy) is 2. The third-order valence-electron chi connectivity index (χ3n) is 3.44. The summed E-state index contributed by atoms with van der Waals surface area (Å²) in [6, 6.07) is 1.94. The SMILES string of the molecule is CCOC(=O)C1CCN(c2cc(COC)ncn2)CC1. The number of carbonyl (C=O) groups is 1. The van der Waals surface area contributed by atoms with E-state index in [1.807, 2.05) is 13.0 Å². The normalized spacial score (nSPS) is 16.2. The van der Waals surface area contributed by atoms with Crippen molar-refractivity contribution in [2.24, 2.45) is 5.92 Å². The molecule has 0 saturated carbocycles. The zero-order valence-electron chi connectivity index (χ0n) is 12.0. The Morgan fingerprint density at radius 3 is 2.80 bits per heavy atom. The highest BCUT2D eigenvalue weighted by Crippen LogP contribution is 2.22. The second-order valence-corrected chi connectivity index (χ2v) is 4.81. The molecule has 0 radical (unpaired) electrons. The van der Waals surface area contributed by atoms with E-state index in [4.69, 9.17) is 9.47 Å². The first-order chi connectivity index (χ1) is 9.74. The van der Waals surface area contributed by atoms with Crippen LogP contribution in [0.5, 0.6) is 0 Å². The average Bonchev–Trinajstić information content (AvgIpc) is 2.48. The van der Waals surface area contributed by atoms with Crippen molar-refractivity contribution in [1.29, 1.82) is 0 Å². The van der Waals surface area contributed by atoms with Crippen LogP contribution in [0.2, 0.25) is 0 Å². The van der Waals surface area contributed by atoms with Gasteiger partial charge in [0.2, 0.25) is 0 Å². The van der Waals surface area contributed by atoms with Crippen molar-refractivity contribution in [3.05, 3.63) is 18.1 Å². The zero-order valence-corrected chi connectivity index (χ0v) is 12.0. The molecule has 2 rings (SSSR count). The molecule has 0 unspecified atom stereocenters. The third-order valence-corrected chi connectivity index (χ3v) is 3.44. The predicted molar refractivity (Wildman–Crippen MR) is 74.3 cm³/mol. The summed E-state index contributed by atoms with van der Waals surface area (Å²) < 4.78 is 10.1. The lowest BCUT2D eigenvalue weighted by atomic mass is 9.97. The summed E-state index contributed by atoms with van der Waals surface area (Å²) in [5.74, 6) is 0.843. The number of carbonyl (C=O) groups excluding carboxylic acids is 1. The van der Waals surface area contributed by atoms with Crippen LogP contribution >= 0.6 is 0 Å². The number of piperidine rings is 1. The Morgan fingerprint density at radius 1 is 1.40 bits per heavy atom. The van der Waals surface area contributed by atoms with Crippen LogP contribution in [0.4, 0.5) is 5.82 Å². The van der Waals surface area contributed by atoms with Crippen molar-refractivity contribution < 1.29 is 14.3 Å². The van der Waals surface area contributed by atoms with Gasteiger partial charge in [-0.1, -0.05) is 0 Å². The van der Waals surface area contributed by atoms with E-state index in [-0.39, 0.29) is 11.9 Å². The minimum absolute atomic E-state index is 0.0199. The van der Waals surface area contributed by atoms with Crippen LogP contribution < -0.4 is 4.90 Å². The monoisotopic (exact) mass is 279 g/mol. The van der Waals surface area contributed by atoms with Crippen LogP contribution in [0.1, 0.15) is 25.5 Å². The maximum atomic E-state index is 11.7. The van der Waals surface area contributed by atoms with Gasteiger partial charge in [0.15, 0.2) is 0 Å². The molecular formula is C14H21N3O3. The van der Waals surface area contributed by atoms with Crippen LogP contribution in [0.15, 0.2) is 12.4 Å². The van der Waals surface area contributed by atoms with Crippen molar-refractivity contribution in [3.8, 4) is 0 Å². The second kappa shape index (κ2) is 7.19. The number of anilines is 1. The largest absolute Gasteiger partial charge is 0.466 e. The van der Waals surface area contributed by atoms with E-state index in [1.165, 1.54) is 0 Å². The van der Waals surface area contributed by atoms with Crippen LogP contribution in [0, 0.1) is 5.92 Å². The molecule has 0 amide bonds. The highest BCUT2D eigenvalue weighted by atomic mass is 16.5. The van der Waals surface area contributed by atoms with Gasteiger partial charge in [0.05, 0.1) is 24.8 Å². The molecule has 0 aromatic carbocycles. The molecule has 1 aliphatic rings. The summed E-state index contributed by atoms with van der Waals surface area (Å²) in [6.45, 7) is 4.39. The first kappa shape index (κ1) is 14.7. The van der Waals surface area contributed by atoms with Crippen molar-refractivity contribution in [2.75, 3.05) is 31.7 Å². The summed E-state index contributed by atoms with van der Waals surface area (Å²) in [4.78, 5) is 22.3. The lowest BCUT2D eigenvalue weighted by molar-refractivity contribution is -0.148. The van der Waals surface area contributed by atoms with Gasteiger partial charge < -0.3 is 14.4 Å². The summed E-state index contributed by atoms with van der Waals surface area (Å²) in [7, 11) is 1.65. The van der Waals surface area contributed by atoms with E-state index < -0.39 is 0 Å². The molecular weight excluding hydrogens is 258 g/mol. The van der Waals surface area contributed by atoms with E-state index in [0.29, 0.717) is 13.2 Å². The predicted octanol–water partition coefficient (Wildman–Crippen LogP) is 1.40. The van der Waals surface area contributed by atoms with E-state index in [1.54, 1.807) is 13.4 Å². The molecule has 1 aromatic heterocycles. The Labute approximate surface area is 119 Å². The van der Waals surface area contributed by atoms with Crippen molar-refractivity contribution >= 4 is 11.8 Å².